The first kappa shape index (κ1) is 14.1. The van der Waals surface area contributed by atoms with Crippen LogP contribution in [0.2, 0.25) is 0 Å². The number of amides is 2. The Morgan fingerprint density at radius 3 is 2.19 bits per heavy atom. The molecule has 2 aliphatic rings. The van der Waals surface area contributed by atoms with E-state index in [1.165, 1.54) is 0 Å². The summed E-state index contributed by atoms with van der Waals surface area (Å²) in [7, 11) is 2.10. The lowest BCUT2D eigenvalue weighted by Crippen LogP contribution is -2.56. The molecule has 0 saturated carbocycles. The Balaban J connectivity index is 1.52. The zero-order valence-electron chi connectivity index (χ0n) is 12.5. The topological polar surface area (TPSA) is 55.8 Å². The van der Waals surface area contributed by atoms with Crippen LogP contribution in [0, 0.1) is 0 Å². The zero-order chi connectivity index (χ0) is 14.7. The highest BCUT2D eigenvalue weighted by molar-refractivity contribution is 5.75. The molecule has 114 valence electrons. The highest BCUT2D eigenvalue weighted by atomic mass is 16.2. The maximum Gasteiger partial charge on any atom is 0.320 e. The smallest absolute Gasteiger partial charge is 0.320 e. The Morgan fingerprint density at radius 1 is 1.00 bits per heavy atom. The van der Waals surface area contributed by atoms with E-state index in [0.717, 1.165) is 58.2 Å². The van der Waals surface area contributed by atoms with Gasteiger partial charge in [0, 0.05) is 58.6 Å². The van der Waals surface area contributed by atoms with E-state index < -0.39 is 0 Å². The fourth-order valence-electron chi connectivity index (χ4n) is 2.79. The van der Waals surface area contributed by atoms with Crippen molar-refractivity contribution in [2.45, 2.75) is 0 Å². The Hall–Kier alpha value is -1.89. The van der Waals surface area contributed by atoms with E-state index in [9.17, 15) is 4.79 Å². The van der Waals surface area contributed by atoms with Crippen LogP contribution in [0.1, 0.15) is 0 Å². The third kappa shape index (κ3) is 3.24. The van der Waals surface area contributed by atoms with E-state index in [-0.39, 0.29) is 6.03 Å². The number of nitrogens with zero attached hydrogens (tertiary/aromatic N) is 6. The van der Waals surface area contributed by atoms with Gasteiger partial charge in [0.2, 0.25) is 0 Å². The molecule has 0 spiro atoms. The molecule has 1 aromatic rings. The number of rotatable bonds is 1. The molecule has 7 heteroatoms. The van der Waals surface area contributed by atoms with Crippen LogP contribution < -0.4 is 4.90 Å². The van der Waals surface area contributed by atoms with Crippen LogP contribution in [-0.2, 0) is 0 Å². The van der Waals surface area contributed by atoms with Gasteiger partial charge in [0.25, 0.3) is 0 Å². The fourth-order valence-corrected chi connectivity index (χ4v) is 2.79. The fraction of sp³-hybridized carbons (Fsp3) is 0.643. The van der Waals surface area contributed by atoms with E-state index in [1.54, 1.807) is 6.20 Å². The average molecular weight is 290 g/mol. The molecule has 2 fully saturated rings. The molecule has 1 aromatic heterocycles. The van der Waals surface area contributed by atoms with Crippen molar-refractivity contribution in [3.8, 4) is 0 Å². The Labute approximate surface area is 125 Å². The third-order valence-corrected chi connectivity index (χ3v) is 4.21. The van der Waals surface area contributed by atoms with Crippen LogP contribution >= 0.6 is 0 Å². The minimum Gasteiger partial charge on any atom is -0.352 e. The summed E-state index contributed by atoms with van der Waals surface area (Å²) in [5.41, 5.74) is 0. The summed E-state index contributed by atoms with van der Waals surface area (Å²) in [6.45, 7) is 6.73. The van der Waals surface area contributed by atoms with Gasteiger partial charge in [0.1, 0.15) is 0 Å². The number of likely N-dealkylation sites (N-methyl/N-ethyl adjacent to an activating group) is 1. The lowest BCUT2D eigenvalue weighted by atomic mass is 10.3. The molecule has 3 rings (SSSR count). The number of urea groups is 1. The lowest BCUT2D eigenvalue weighted by molar-refractivity contribution is 0.120. The second kappa shape index (κ2) is 6.26. The summed E-state index contributed by atoms with van der Waals surface area (Å²) < 4.78 is 0. The summed E-state index contributed by atoms with van der Waals surface area (Å²) in [5, 5.41) is 8.04. The number of hydrogen-bond donors (Lipinski definition) is 0. The SMILES string of the molecule is CN1CCN(C(=O)N2CCN(c3cccnn3)CC2)CC1. The summed E-state index contributed by atoms with van der Waals surface area (Å²) in [5.74, 6) is 0.893. The second-order valence-corrected chi connectivity index (χ2v) is 5.63. The van der Waals surface area contributed by atoms with Gasteiger partial charge in [0.05, 0.1) is 0 Å². The minimum atomic E-state index is 0.182. The van der Waals surface area contributed by atoms with Gasteiger partial charge in [-0.15, -0.1) is 5.10 Å². The number of piperazine rings is 2. The molecule has 0 unspecified atom stereocenters. The molecule has 21 heavy (non-hydrogen) atoms. The average Bonchev–Trinajstić information content (AvgIpc) is 2.56. The van der Waals surface area contributed by atoms with E-state index in [0.29, 0.717) is 0 Å². The van der Waals surface area contributed by atoms with E-state index >= 15 is 0 Å². The van der Waals surface area contributed by atoms with E-state index in [4.69, 9.17) is 0 Å². The largest absolute Gasteiger partial charge is 0.352 e. The standard InChI is InChI=1S/C14H22N6O/c1-17-5-7-19(8-6-17)14(21)20-11-9-18(10-12-20)13-3-2-4-15-16-13/h2-4H,5-12H2,1H3. The third-order valence-electron chi connectivity index (χ3n) is 4.21. The van der Waals surface area contributed by atoms with E-state index in [2.05, 4.69) is 27.0 Å². The van der Waals surface area contributed by atoms with Gasteiger partial charge in [-0.2, -0.15) is 5.10 Å². The van der Waals surface area contributed by atoms with E-state index in [1.807, 2.05) is 21.9 Å². The lowest BCUT2D eigenvalue weighted by Gasteiger charge is -2.40. The maximum absolute atomic E-state index is 12.5. The quantitative estimate of drug-likeness (QED) is 0.727. The molecule has 0 aromatic carbocycles. The van der Waals surface area contributed by atoms with Gasteiger partial charge < -0.3 is 19.6 Å². The molecule has 0 N–H and O–H groups in total. The first-order valence-corrected chi connectivity index (χ1v) is 7.49. The summed E-state index contributed by atoms with van der Waals surface area (Å²) >= 11 is 0. The van der Waals surface area contributed by atoms with Gasteiger partial charge >= 0.3 is 6.03 Å². The van der Waals surface area contributed by atoms with Gasteiger partial charge in [0.15, 0.2) is 5.82 Å². The normalized spacial score (nSPS) is 20.7. The van der Waals surface area contributed by atoms with Crippen molar-refractivity contribution in [1.82, 2.24) is 24.9 Å². The second-order valence-electron chi connectivity index (χ2n) is 5.63. The maximum atomic E-state index is 12.5. The van der Waals surface area contributed by atoms with Gasteiger partial charge in [-0.25, -0.2) is 4.79 Å². The Kier molecular flexibility index (Phi) is 4.19. The van der Waals surface area contributed by atoms with Crippen molar-refractivity contribution >= 4 is 11.8 Å². The number of carbonyl (C=O) groups excluding carboxylic acids is 1. The first-order chi connectivity index (χ1) is 10.2. The first-order valence-electron chi connectivity index (χ1n) is 7.49. The van der Waals surface area contributed by atoms with Gasteiger partial charge in [-0.3, -0.25) is 0 Å². The number of anilines is 1. The predicted molar refractivity (Wildman–Crippen MR) is 80.3 cm³/mol. The van der Waals surface area contributed by atoms with Crippen LogP contribution in [0.15, 0.2) is 18.3 Å². The molecule has 0 bridgehead atoms. The van der Waals surface area contributed by atoms with Crippen molar-refractivity contribution < 1.29 is 4.79 Å². The van der Waals surface area contributed by atoms with Gasteiger partial charge in [-0.1, -0.05) is 0 Å². The van der Waals surface area contributed by atoms with Crippen LogP contribution in [-0.4, -0.2) is 90.3 Å². The van der Waals surface area contributed by atoms with Crippen molar-refractivity contribution in [2.75, 3.05) is 64.3 Å². The summed E-state index contributed by atoms with van der Waals surface area (Å²) in [4.78, 5) is 20.9. The highest BCUT2D eigenvalue weighted by Gasteiger charge is 2.27. The summed E-state index contributed by atoms with van der Waals surface area (Å²) in [6, 6.07) is 4.04. The Bertz CT molecular complexity index is 466. The minimum absolute atomic E-state index is 0.182. The van der Waals surface area contributed by atoms with Crippen LogP contribution in [0.4, 0.5) is 10.6 Å². The zero-order valence-corrected chi connectivity index (χ0v) is 12.5. The molecule has 0 aliphatic carbocycles. The monoisotopic (exact) mass is 290 g/mol. The number of carbonyl (C=O) groups is 1. The number of aromatic nitrogens is 2. The van der Waals surface area contributed by atoms with Crippen molar-refractivity contribution in [3.05, 3.63) is 18.3 Å². The van der Waals surface area contributed by atoms with Crippen LogP contribution in [0.25, 0.3) is 0 Å². The van der Waals surface area contributed by atoms with Crippen molar-refractivity contribution in [2.24, 2.45) is 0 Å². The predicted octanol–water partition coefficient (Wildman–Crippen LogP) is -0.0340. The van der Waals surface area contributed by atoms with Crippen molar-refractivity contribution in [1.29, 1.82) is 0 Å². The molecule has 7 nitrogen and oxygen atoms in total. The molecular formula is C14H22N6O. The molecule has 2 saturated heterocycles. The van der Waals surface area contributed by atoms with Crippen LogP contribution in [0.5, 0.6) is 0 Å². The molecule has 0 radical (unpaired) electrons. The molecular weight excluding hydrogens is 268 g/mol. The summed E-state index contributed by atoms with van der Waals surface area (Å²) in [6.07, 6.45) is 1.68. The molecule has 0 atom stereocenters. The Morgan fingerprint density at radius 2 is 1.62 bits per heavy atom. The molecule has 2 aliphatic heterocycles. The highest BCUT2D eigenvalue weighted by Crippen LogP contribution is 2.13. The van der Waals surface area contributed by atoms with Crippen molar-refractivity contribution in [3.63, 3.8) is 0 Å². The molecule has 3 heterocycles. The molecule has 2 amide bonds. The van der Waals surface area contributed by atoms with Crippen LogP contribution in [0.3, 0.4) is 0 Å². The van der Waals surface area contributed by atoms with Gasteiger partial charge in [-0.05, 0) is 19.2 Å². The number of hydrogen-bond acceptors (Lipinski definition) is 5.